The zero-order valence-electron chi connectivity index (χ0n) is 13.8. The largest absolute Gasteiger partial charge is 0.481 e. The first-order valence-corrected chi connectivity index (χ1v) is 7.87. The Bertz CT molecular complexity index is 857. The number of aryl methyl sites for hydroxylation is 2. The molecule has 2 heterocycles. The summed E-state index contributed by atoms with van der Waals surface area (Å²) in [6, 6.07) is 9.24. The van der Waals surface area contributed by atoms with Crippen LogP contribution in [0.15, 0.2) is 42.7 Å². The number of methoxy groups -OCH3 is 1. The van der Waals surface area contributed by atoms with Crippen LogP contribution in [0.2, 0.25) is 0 Å². The number of hydrogen-bond acceptors (Lipinski definition) is 4. The molecule has 24 heavy (non-hydrogen) atoms. The predicted molar refractivity (Wildman–Crippen MR) is 92.2 cm³/mol. The number of pyridine rings is 1. The minimum Gasteiger partial charge on any atom is -0.481 e. The summed E-state index contributed by atoms with van der Waals surface area (Å²) < 4.78 is 6.98. The monoisotopic (exact) mass is 324 g/mol. The van der Waals surface area contributed by atoms with E-state index in [0.29, 0.717) is 18.0 Å². The molecule has 2 aromatic heterocycles. The van der Waals surface area contributed by atoms with Gasteiger partial charge in [-0.05, 0) is 24.5 Å². The molecule has 0 saturated heterocycles. The van der Waals surface area contributed by atoms with Crippen LogP contribution in [-0.2, 0) is 13.5 Å². The van der Waals surface area contributed by atoms with Crippen LogP contribution >= 0.6 is 0 Å². The van der Waals surface area contributed by atoms with Crippen molar-refractivity contribution >= 4 is 16.8 Å². The van der Waals surface area contributed by atoms with Crippen LogP contribution in [-0.4, -0.2) is 34.3 Å². The van der Waals surface area contributed by atoms with Crippen LogP contribution in [0.25, 0.3) is 10.9 Å². The quantitative estimate of drug-likeness (QED) is 0.707. The summed E-state index contributed by atoms with van der Waals surface area (Å²) in [6.45, 7) is 0.604. The van der Waals surface area contributed by atoms with E-state index in [1.807, 2.05) is 43.7 Å². The fourth-order valence-corrected chi connectivity index (χ4v) is 2.63. The third kappa shape index (κ3) is 3.53. The maximum atomic E-state index is 12.5. The lowest BCUT2D eigenvalue weighted by Crippen LogP contribution is -2.25. The lowest BCUT2D eigenvalue weighted by Gasteiger charge is -2.09. The first-order valence-electron chi connectivity index (χ1n) is 7.87. The number of ether oxygens (including phenoxy) is 1. The molecule has 0 bridgehead atoms. The lowest BCUT2D eigenvalue weighted by atomic mass is 10.1. The second kappa shape index (κ2) is 7.12. The number of nitrogens with one attached hydrogen (secondary N) is 1. The van der Waals surface area contributed by atoms with E-state index in [1.165, 1.54) is 5.56 Å². The van der Waals surface area contributed by atoms with Crippen LogP contribution in [0.4, 0.5) is 0 Å². The molecule has 0 spiro atoms. The molecule has 1 aromatic carbocycles. The Labute approximate surface area is 140 Å². The van der Waals surface area contributed by atoms with Crippen molar-refractivity contribution in [2.75, 3.05) is 13.7 Å². The Hall–Kier alpha value is -2.89. The number of carbonyl (C=O) groups excluding carboxylic acids is 1. The number of amides is 1. The van der Waals surface area contributed by atoms with E-state index in [0.717, 1.165) is 23.7 Å². The van der Waals surface area contributed by atoms with Crippen LogP contribution in [0.1, 0.15) is 22.3 Å². The summed E-state index contributed by atoms with van der Waals surface area (Å²) in [7, 11) is 3.44. The molecule has 124 valence electrons. The van der Waals surface area contributed by atoms with E-state index in [4.69, 9.17) is 4.74 Å². The fourth-order valence-electron chi connectivity index (χ4n) is 2.63. The van der Waals surface area contributed by atoms with Gasteiger partial charge in [0.25, 0.3) is 5.91 Å². The molecule has 0 saturated carbocycles. The van der Waals surface area contributed by atoms with E-state index < -0.39 is 0 Å². The zero-order valence-corrected chi connectivity index (χ0v) is 13.8. The molecule has 0 aliphatic carbocycles. The number of carbonyl (C=O) groups is 1. The Balaban J connectivity index is 1.67. The molecule has 3 aromatic rings. The van der Waals surface area contributed by atoms with Gasteiger partial charge in [-0.1, -0.05) is 18.2 Å². The first kappa shape index (κ1) is 16.0. The Morgan fingerprint density at radius 2 is 2.17 bits per heavy atom. The van der Waals surface area contributed by atoms with Crippen LogP contribution in [0.3, 0.4) is 0 Å². The second-order valence-corrected chi connectivity index (χ2v) is 5.61. The van der Waals surface area contributed by atoms with E-state index in [2.05, 4.69) is 15.4 Å². The average Bonchev–Trinajstić information content (AvgIpc) is 3.02. The van der Waals surface area contributed by atoms with E-state index >= 15 is 0 Å². The van der Waals surface area contributed by atoms with Gasteiger partial charge < -0.3 is 10.1 Å². The summed E-state index contributed by atoms with van der Waals surface area (Å²) in [4.78, 5) is 16.9. The third-order valence-corrected chi connectivity index (χ3v) is 3.83. The molecule has 1 N–H and O–H groups in total. The summed E-state index contributed by atoms with van der Waals surface area (Å²) in [5.74, 6) is 0.326. The van der Waals surface area contributed by atoms with Crippen molar-refractivity contribution in [3.8, 4) is 5.88 Å². The van der Waals surface area contributed by atoms with Gasteiger partial charge in [0, 0.05) is 31.2 Å². The van der Waals surface area contributed by atoms with Gasteiger partial charge in [-0.2, -0.15) is 5.10 Å². The number of nitrogens with zero attached hydrogens (tertiary/aromatic N) is 3. The molecular formula is C18H20N4O2. The maximum Gasteiger partial charge on any atom is 0.252 e. The highest BCUT2D eigenvalue weighted by Crippen LogP contribution is 2.21. The number of para-hydroxylation sites is 1. The van der Waals surface area contributed by atoms with Crippen LogP contribution in [0, 0.1) is 0 Å². The summed E-state index contributed by atoms with van der Waals surface area (Å²) in [6.07, 6.45) is 5.58. The third-order valence-electron chi connectivity index (χ3n) is 3.83. The highest BCUT2D eigenvalue weighted by atomic mass is 16.5. The van der Waals surface area contributed by atoms with Crippen LogP contribution < -0.4 is 10.1 Å². The van der Waals surface area contributed by atoms with Gasteiger partial charge in [0.1, 0.15) is 0 Å². The van der Waals surface area contributed by atoms with Crippen molar-refractivity contribution in [3.05, 3.63) is 53.9 Å². The summed E-state index contributed by atoms with van der Waals surface area (Å²) >= 11 is 0. The highest BCUT2D eigenvalue weighted by Gasteiger charge is 2.12. The van der Waals surface area contributed by atoms with Gasteiger partial charge in [0.15, 0.2) is 0 Å². The molecule has 6 nitrogen and oxygen atoms in total. The SMILES string of the molecule is COc1cc(C(=O)NCCCc2cnn(C)c2)c2ccccc2n1. The normalized spacial score (nSPS) is 10.8. The molecular weight excluding hydrogens is 304 g/mol. The summed E-state index contributed by atoms with van der Waals surface area (Å²) in [5, 5.41) is 7.93. The molecule has 0 aliphatic heterocycles. The van der Waals surface area contributed by atoms with Gasteiger partial charge in [-0.3, -0.25) is 9.48 Å². The van der Waals surface area contributed by atoms with Gasteiger partial charge in [0.05, 0.1) is 24.4 Å². The van der Waals surface area contributed by atoms with E-state index in [1.54, 1.807) is 17.9 Å². The average molecular weight is 324 g/mol. The summed E-state index contributed by atoms with van der Waals surface area (Å²) in [5.41, 5.74) is 2.50. The predicted octanol–water partition coefficient (Wildman–Crippen LogP) is 2.34. The minimum absolute atomic E-state index is 0.113. The van der Waals surface area contributed by atoms with Gasteiger partial charge in [-0.15, -0.1) is 0 Å². The molecule has 6 heteroatoms. The molecule has 0 fully saturated rings. The number of hydrogen-bond donors (Lipinski definition) is 1. The molecule has 0 unspecified atom stereocenters. The Kier molecular flexibility index (Phi) is 4.74. The Morgan fingerprint density at radius 3 is 2.92 bits per heavy atom. The van der Waals surface area contributed by atoms with E-state index in [-0.39, 0.29) is 5.91 Å². The van der Waals surface area contributed by atoms with Gasteiger partial charge in [-0.25, -0.2) is 4.98 Å². The van der Waals surface area contributed by atoms with Crippen molar-refractivity contribution < 1.29 is 9.53 Å². The highest BCUT2D eigenvalue weighted by molar-refractivity contribution is 6.06. The lowest BCUT2D eigenvalue weighted by molar-refractivity contribution is 0.0954. The van der Waals surface area contributed by atoms with Crippen molar-refractivity contribution in [1.82, 2.24) is 20.1 Å². The van der Waals surface area contributed by atoms with Gasteiger partial charge >= 0.3 is 0 Å². The molecule has 0 atom stereocenters. The number of aromatic nitrogens is 3. The maximum absolute atomic E-state index is 12.5. The fraction of sp³-hybridized carbons (Fsp3) is 0.278. The minimum atomic E-state index is -0.113. The Morgan fingerprint density at radius 1 is 1.33 bits per heavy atom. The molecule has 1 amide bonds. The number of fused-ring (bicyclic) bond motifs is 1. The van der Waals surface area contributed by atoms with Crippen molar-refractivity contribution in [2.45, 2.75) is 12.8 Å². The second-order valence-electron chi connectivity index (χ2n) is 5.61. The van der Waals surface area contributed by atoms with E-state index in [9.17, 15) is 4.79 Å². The molecule has 0 aliphatic rings. The first-order chi connectivity index (χ1) is 11.7. The zero-order chi connectivity index (χ0) is 16.9. The smallest absolute Gasteiger partial charge is 0.252 e. The number of rotatable bonds is 6. The standard InChI is InChI=1S/C18H20N4O2/c1-22-12-13(11-20-22)6-5-9-19-18(23)15-10-17(24-2)21-16-8-4-3-7-14(15)16/h3-4,7-8,10-12H,5-6,9H2,1-2H3,(H,19,23). The van der Waals surface area contributed by atoms with Crippen molar-refractivity contribution in [3.63, 3.8) is 0 Å². The topological polar surface area (TPSA) is 69.0 Å². The molecule has 3 rings (SSSR count). The molecule has 0 radical (unpaired) electrons. The van der Waals surface area contributed by atoms with Crippen LogP contribution in [0.5, 0.6) is 5.88 Å². The number of benzene rings is 1. The van der Waals surface area contributed by atoms with Gasteiger partial charge in [0.2, 0.25) is 5.88 Å². The van der Waals surface area contributed by atoms with Crippen molar-refractivity contribution in [2.24, 2.45) is 7.05 Å². The van der Waals surface area contributed by atoms with Crippen molar-refractivity contribution in [1.29, 1.82) is 0 Å².